The number of hydrogen-bond acceptors (Lipinski definition) is 5. The molecule has 1 amide bonds. The van der Waals surface area contributed by atoms with Gasteiger partial charge in [0, 0.05) is 0 Å². The number of esters is 1. The van der Waals surface area contributed by atoms with E-state index in [9.17, 15) is 9.59 Å². The molecule has 0 saturated carbocycles. The number of hydrogen-bond donors (Lipinski definition) is 1. The summed E-state index contributed by atoms with van der Waals surface area (Å²) in [6.07, 6.45) is 2.95. The topological polar surface area (TPSA) is 81.4 Å². The van der Waals surface area contributed by atoms with E-state index in [0.29, 0.717) is 11.5 Å². The Hall–Kier alpha value is -2.63. The minimum Gasteiger partial charge on any atom is -0.452 e. The number of amides is 1. The third-order valence-corrected chi connectivity index (χ3v) is 4.28. The molecule has 1 aliphatic carbocycles. The second kappa shape index (κ2) is 6.86. The van der Waals surface area contributed by atoms with Crippen LogP contribution in [0.5, 0.6) is 0 Å². The van der Waals surface area contributed by atoms with Gasteiger partial charge in [-0.25, -0.2) is 4.79 Å². The average Bonchev–Trinajstić information content (AvgIpc) is 2.92. The van der Waals surface area contributed by atoms with Gasteiger partial charge in [-0.1, -0.05) is 29.4 Å². The van der Waals surface area contributed by atoms with Gasteiger partial charge in [-0.2, -0.15) is 0 Å². The molecule has 1 aliphatic rings. The van der Waals surface area contributed by atoms with Crippen LogP contribution in [-0.4, -0.2) is 23.6 Å². The van der Waals surface area contributed by atoms with Crippen molar-refractivity contribution in [3.63, 3.8) is 0 Å². The van der Waals surface area contributed by atoms with Crippen molar-refractivity contribution >= 4 is 11.9 Å². The predicted octanol–water partition coefficient (Wildman–Crippen LogP) is 2.64. The molecule has 24 heavy (non-hydrogen) atoms. The Morgan fingerprint density at radius 3 is 2.88 bits per heavy atom. The molecule has 1 aromatic carbocycles. The summed E-state index contributed by atoms with van der Waals surface area (Å²) in [5, 5.41) is 6.66. The number of ether oxygens (including phenoxy) is 1. The summed E-state index contributed by atoms with van der Waals surface area (Å²) in [7, 11) is 0. The standard InChI is InChI=1S/C18H20N2O4/c1-11-17(12(2)24-20-11)18(22)23-10-16(21)19-15-9-5-7-13-6-3-4-8-14(13)15/h3-4,6,8,15H,5,7,9-10H2,1-2H3,(H,19,21)/t15-/m0/s1. The van der Waals surface area contributed by atoms with Gasteiger partial charge >= 0.3 is 5.97 Å². The number of nitrogens with zero attached hydrogens (tertiary/aromatic N) is 1. The minimum absolute atomic E-state index is 0.0276. The first-order valence-electron chi connectivity index (χ1n) is 8.03. The SMILES string of the molecule is Cc1noc(C)c1C(=O)OCC(=O)N[C@H]1CCCc2ccccc21. The number of carbonyl (C=O) groups is 2. The molecular formula is C18H20N2O4. The van der Waals surface area contributed by atoms with Gasteiger partial charge < -0.3 is 14.6 Å². The van der Waals surface area contributed by atoms with Crippen molar-refractivity contribution in [2.45, 2.75) is 39.2 Å². The normalized spacial score (nSPS) is 16.3. The summed E-state index contributed by atoms with van der Waals surface area (Å²) < 4.78 is 10.0. The second-order valence-corrected chi connectivity index (χ2v) is 5.99. The Morgan fingerprint density at radius 2 is 2.12 bits per heavy atom. The van der Waals surface area contributed by atoms with Gasteiger partial charge in [0.05, 0.1) is 11.7 Å². The number of benzene rings is 1. The zero-order valence-electron chi connectivity index (χ0n) is 13.8. The van der Waals surface area contributed by atoms with Crippen LogP contribution in [0.4, 0.5) is 0 Å². The smallest absolute Gasteiger partial charge is 0.344 e. The maximum Gasteiger partial charge on any atom is 0.344 e. The van der Waals surface area contributed by atoms with Crippen molar-refractivity contribution < 1.29 is 18.8 Å². The Labute approximate surface area is 140 Å². The van der Waals surface area contributed by atoms with Crippen molar-refractivity contribution in [2.75, 3.05) is 6.61 Å². The van der Waals surface area contributed by atoms with E-state index in [0.717, 1.165) is 24.8 Å². The second-order valence-electron chi connectivity index (χ2n) is 5.99. The van der Waals surface area contributed by atoms with E-state index in [-0.39, 0.29) is 24.1 Å². The summed E-state index contributed by atoms with van der Waals surface area (Å²) in [5.41, 5.74) is 3.15. The van der Waals surface area contributed by atoms with Crippen molar-refractivity contribution in [2.24, 2.45) is 0 Å². The lowest BCUT2D eigenvalue weighted by atomic mass is 9.88. The fourth-order valence-electron chi connectivity index (χ4n) is 3.12. The zero-order chi connectivity index (χ0) is 17.1. The van der Waals surface area contributed by atoms with E-state index < -0.39 is 5.97 Å². The van der Waals surface area contributed by atoms with Gasteiger partial charge in [0.25, 0.3) is 5.91 Å². The molecule has 2 aromatic rings. The van der Waals surface area contributed by atoms with E-state index in [1.54, 1.807) is 13.8 Å². The predicted molar refractivity (Wildman–Crippen MR) is 86.5 cm³/mol. The lowest BCUT2D eigenvalue weighted by Crippen LogP contribution is -2.34. The number of nitrogens with one attached hydrogen (secondary N) is 1. The molecular weight excluding hydrogens is 308 g/mol. The Bertz CT molecular complexity index is 747. The summed E-state index contributed by atoms with van der Waals surface area (Å²) in [4.78, 5) is 24.2. The molecule has 0 spiro atoms. The van der Waals surface area contributed by atoms with Crippen LogP contribution in [0.1, 0.15) is 51.8 Å². The molecule has 1 aromatic heterocycles. The summed E-state index contributed by atoms with van der Waals surface area (Å²) in [6.45, 7) is 2.98. The first-order valence-corrected chi connectivity index (χ1v) is 8.03. The van der Waals surface area contributed by atoms with Crippen LogP contribution in [-0.2, 0) is 16.0 Å². The van der Waals surface area contributed by atoms with Gasteiger partial charge in [-0.3, -0.25) is 4.79 Å². The van der Waals surface area contributed by atoms with Crippen LogP contribution in [0.3, 0.4) is 0 Å². The van der Waals surface area contributed by atoms with Crippen LogP contribution in [0.25, 0.3) is 0 Å². The highest BCUT2D eigenvalue weighted by Crippen LogP contribution is 2.29. The Balaban J connectivity index is 1.58. The number of carbonyl (C=O) groups excluding carboxylic acids is 2. The Kier molecular flexibility index (Phi) is 4.64. The average molecular weight is 328 g/mol. The van der Waals surface area contributed by atoms with E-state index in [4.69, 9.17) is 9.26 Å². The van der Waals surface area contributed by atoms with Crippen molar-refractivity contribution in [3.8, 4) is 0 Å². The molecule has 126 valence electrons. The third-order valence-electron chi connectivity index (χ3n) is 4.28. The molecule has 0 radical (unpaired) electrons. The maximum absolute atomic E-state index is 12.1. The largest absolute Gasteiger partial charge is 0.452 e. The van der Waals surface area contributed by atoms with Crippen LogP contribution >= 0.6 is 0 Å². The van der Waals surface area contributed by atoms with E-state index >= 15 is 0 Å². The number of aromatic nitrogens is 1. The minimum atomic E-state index is -0.592. The quantitative estimate of drug-likeness (QED) is 0.873. The highest BCUT2D eigenvalue weighted by molar-refractivity contribution is 5.93. The highest BCUT2D eigenvalue weighted by Gasteiger charge is 2.23. The highest BCUT2D eigenvalue weighted by atomic mass is 16.5. The fourth-order valence-corrected chi connectivity index (χ4v) is 3.12. The van der Waals surface area contributed by atoms with Crippen LogP contribution in [0.2, 0.25) is 0 Å². The summed E-state index contributed by atoms with van der Waals surface area (Å²) in [5.74, 6) is -0.513. The van der Waals surface area contributed by atoms with E-state index in [1.807, 2.05) is 18.2 Å². The first-order chi connectivity index (χ1) is 11.6. The monoisotopic (exact) mass is 328 g/mol. The van der Waals surface area contributed by atoms with Gasteiger partial charge in [0.15, 0.2) is 6.61 Å². The molecule has 6 nitrogen and oxygen atoms in total. The van der Waals surface area contributed by atoms with Crippen LogP contribution < -0.4 is 5.32 Å². The van der Waals surface area contributed by atoms with Gasteiger partial charge in [-0.15, -0.1) is 0 Å². The van der Waals surface area contributed by atoms with Crippen molar-refractivity contribution in [3.05, 3.63) is 52.4 Å². The molecule has 1 N–H and O–H groups in total. The zero-order valence-corrected chi connectivity index (χ0v) is 13.8. The first kappa shape index (κ1) is 16.2. The molecule has 1 heterocycles. The van der Waals surface area contributed by atoms with Crippen LogP contribution in [0.15, 0.2) is 28.8 Å². The number of aryl methyl sites for hydroxylation is 3. The van der Waals surface area contributed by atoms with Gasteiger partial charge in [0.2, 0.25) is 0 Å². The third kappa shape index (κ3) is 3.32. The van der Waals surface area contributed by atoms with E-state index in [2.05, 4.69) is 16.5 Å². The molecule has 0 unspecified atom stereocenters. The van der Waals surface area contributed by atoms with Crippen molar-refractivity contribution in [1.82, 2.24) is 10.5 Å². The lowest BCUT2D eigenvalue weighted by Gasteiger charge is -2.26. The van der Waals surface area contributed by atoms with Crippen LogP contribution in [0, 0.1) is 13.8 Å². The molecule has 3 rings (SSSR count). The molecule has 0 aliphatic heterocycles. The number of rotatable bonds is 4. The Morgan fingerprint density at radius 1 is 1.33 bits per heavy atom. The fraction of sp³-hybridized carbons (Fsp3) is 0.389. The number of fused-ring (bicyclic) bond motifs is 1. The molecule has 1 atom stereocenters. The molecule has 0 saturated heterocycles. The molecule has 0 fully saturated rings. The lowest BCUT2D eigenvalue weighted by molar-refractivity contribution is -0.125. The molecule has 0 bridgehead atoms. The van der Waals surface area contributed by atoms with Gasteiger partial charge in [-0.05, 0) is 44.2 Å². The van der Waals surface area contributed by atoms with Gasteiger partial charge in [0.1, 0.15) is 11.3 Å². The summed E-state index contributed by atoms with van der Waals surface area (Å²) >= 11 is 0. The maximum atomic E-state index is 12.1. The summed E-state index contributed by atoms with van der Waals surface area (Å²) in [6, 6.07) is 8.08. The molecule has 6 heteroatoms. The van der Waals surface area contributed by atoms with E-state index in [1.165, 1.54) is 5.56 Å². The van der Waals surface area contributed by atoms with Crippen molar-refractivity contribution in [1.29, 1.82) is 0 Å².